The zero-order valence-corrected chi connectivity index (χ0v) is 31.2. The van der Waals surface area contributed by atoms with Crippen molar-refractivity contribution in [3.63, 3.8) is 0 Å². The van der Waals surface area contributed by atoms with E-state index >= 15 is 0 Å². The standard InChI is InChI=1S/C37H37F3N6O7S2/c1-49-13-14-51-17-18-52-16-15-50-12-11-42-24-31-20-28(9-10-43-31)33-22-27(26-3-2-4-30(19-26)37(38,39)40)5-7-35(33)53-34-8-6-32(21-29(34)23-41)55(47,48)46-36-44-25-45-54-36/h2-10,19-22,25,42H,11-18,24H2,1H3,(H,44,45,46). The molecule has 0 amide bonds. The third-order valence-corrected chi connectivity index (χ3v) is 9.77. The lowest BCUT2D eigenvalue weighted by Crippen LogP contribution is -2.21. The lowest BCUT2D eigenvalue weighted by Gasteiger charge is -2.16. The fourth-order valence-corrected chi connectivity index (χ4v) is 6.74. The first-order chi connectivity index (χ1) is 26.6. The summed E-state index contributed by atoms with van der Waals surface area (Å²) in [6.45, 7) is 4.19. The van der Waals surface area contributed by atoms with Gasteiger partial charge in [-0.15, -0.1) is 0 Å². The molecule has 0 unspecified atom stereocenters. The maximum Gasteiger partial charge on any atom is 0.416 e. The highest BCUT2D eigenvalue weighted by Gasteiger charge is 2.30. The molecule has 0 spiro atoms. The van der Waals surface area contributed by atoms with Crippen LogP contribution in [0.4, 0.5) is 18.3 Å². The topological polar surface area (TPSA) is 167 Å². The summed E-state index contributed by atoms with van der Waals surface area (Å²) >= 11 is 0.852. The highest BCUT2D eigenvalue weighted by atomic mass is 32.2. The molecule has 2 N–H and O–H groups in total. The summed E-state index contributed by atoms with van der Waals surface area (Å²) in [7, 11) is -2.48. The van der Waals surface area contributed by atoms with Crippen molar-refractivity contribution < 1.29 is 45.3 Å². The molecule has 0 bridgehead atoms. The van der Waals surface area contributed by atoms with E-state index in [-0.39, 0.29) is 27.1 Å². The van der Waals surface area contributed by atoms with Crippen LogP contribution in [0.1, 0.15) is 16.8 Å². The van der Waals surface area contributed by atoms with Crippen molar-refractivity contribution in [2.75, 3.05) is 64.6 Å². The second kappa shape index (κ2) is 20.1. The Kier molecular flexibility index (Phi) is 15.0. The average molecular weight is 799 g/mol. The number of ether oxygens (including phenoxy) is 5. The second-order valence-electron chi connectivity index (χ2n) is 11.6. The molecule has 2 aromatic heterocycles. The number of nitriles is 1. The number of rotatable bonds is 21. The Labute approximate surface area is 320 Å². The second-order valence-corrected chi connectivity index (χ2v) is 14.0. The number of anilines is 1. The number of aromatic nitrogens is 3. The minimum absolute atomic E-state index is 0.0575. The van der Waals surface area contributed by atoms with Gasteiger partial charge >= 0.3 is 6.18 Å². The van der Waals surface area contributed by atoms with Crippen LogP contribution in [0.5, 0.6) is 11.5 Å². The van der Waals surface area contributed by atoms with Crippen LogP contribution in [0, 0.1) is 11.3 Å². The van der Waals surface area contributed by atoms with E-state index in [2.05, 4.69) is 24.4 Å². The van der Waals surface area contributed by atoms with Crippen molar-refractivity contribution in [1.82, 2.24) is 19.7 Å². The third-order valence-electron chi connectivity index (χ3n) is 7.72. The van der Waals surface area contributed by atoms with E-state index in [4.69, 9.17) is 23.7 Å². The van der Waals surface area contributed by atoms with Crippen molar-refractivity contribution >= 4 is 26.7 Å². The molecular formula is C37H37F3N6O7S2. The highest BCUT2D eigenvalue weighted by molar-refractivity contribution is 7.93. The Bertz CT molecular complexity index is 2150. The molecule has 0 radical (unpaired) electrons. The number of benzene rings is 3. The van der Waals surface area contributed by atoms with Gasteiger partial charge in [0.25, 0.3) is 10.0 Å². The number of hydrogen-bond acceptors (Lipinski definition) is 13. The molecule has 0 aliphatic carbocycles. The van der Waals surface area contributed by atoms with Crippen LogP contribution in [0.25, 0.3) is 22.3 Å². The van der Waals surface area contributed by atoms with E-state index in [1.165, 1.54) is 30.6 Å². The molecular weight excluding hydrogens is 762 g/mol. The minimum Gasteiger partial charge on any atom is -0.455 e. The SMILES string of the molecule is COCCOCCOCCOCCNCc1cc(-c2cc(-c3cccc(C(F)(F)F)c3)ccc2Oc2ccc(S(=O)(=O)Nc3ncns3)cc2C#N)ccn1. The summed E-state index contributed by atoms with van der Waals surface area (Å²) in [5.41, 5.74) is 1.73. The molecule has 5 rings (SSSR count). The predicted octanol–water partition coefficient (Wildman–Crippen LogP) is 6.54. The molecule has 0 atom stereocenters. The number of nitrogens with zero attached hydrogens (tertiary/aromatic N) is 4. The van der Waals surface area contributed by atoms with Crippen molar-refractivity contribution in [3.05, 3.63) is 102 Å². The van der Waals surface area contributed by atoms with E-state index in [0.29, 0.717) is 87.3 Å². The largest absolute Gasteiger partial charge is 0.455 e. The maximum absolute atomic E-state index is 13.6. The minimum atomic E-state index is -4.53. The Morgan fingerprint density at radius 2 is 1.55 bits per heavy atom. The Balaban J connectivity index is 1.32. The van der Waals surface area contributed by atoms with Crippen LogP contribution >= 0.6 is 11.5 Å². The Hall–Kier alpha value is -5.00. The number of pyridine rings is 1. The van der Waals surface area contributed by atoms with Crippen molar-refractivity contribution in [2.45, 2.75) is 17.6 Å². The number of halogens is 3. The molecule has 0 saturated carbocycles. The van der Waals surface area contributed by atoms with Crippen molar-refractivity contribution in [2.24, 2.45) is 0 Å². The number of hydrogen-bond donors (Lipinski definition) is 2. The number of alkyl halides is 3. The Morgan fingerprint density at radius 3 is 2.25 bits per heavy atom. The van der Waals surface area contributed by atoms with Gasteiger partial charge in [-0.3, -0.25) is 9.71 Å². The zero-order chi connectivity index (χ0) is 39.1. The molecule has 55 heavy (non-hydrogen) atoms. The summed E-state index contributed by atoms with van der Waals surface area (Å²) in [5, 5.41) is 13.3. The first kappa shape index (κ1) is 41.2. The first-order valence-electron chi connectivity index (χ1n) is 16.8. The molecule has 13 nitrogen and oxygen atoms in total. The predicted molar refractivity (Wildman–Crippen MR) is 198 cm³/mol. The number of methoxy groups -OCH3 is 1. The van der Waals surface area contributed by atoms with Crippen molar-refractivity contribution in [3.8, 4) is 39.8 Å². The van der Waals surface area contributed by atoms with E-state index in [1.807, 2.05) is 12.1 Å². The van der Waals surface area contributed by atoms with Gasteiger partial charge in [0.2, 0.25) is 5.13 Å². The van der Waals surface area contributed by atoms with E-state index in [0.717, 1.165) is 23.7 Å². The number of nitrogens with one attached hydrogen (secondary N) is 2. The van der Waals surface area contributed by atoms with Gasteiger partial charge in [0, 0.05) is 43.5 Å². The van der Waals surface area contributed by atoms with Crippen LogP contribution in [-0.2, 0) is 41.7 Å². The summed E-state index contributed by atoms with van der Waals surface area (Å²) < 4.78 is 100. The molecule has 2 heterocycles. The fraction of sp³-hybridized carbons (Fsp3) is 0.297. The Morgan fingerprint density at radius 1 is 0.818 bits per heavy atom. The summed E-state index contributed by atoms with van der Waals surface area (Å²) in [6, 6.07) is 19.2. The van der Waals surface area contributed by atoms with Gasteiger partial charge in [0.05, 0.1) is 68.0 Å². The average Bonchev–Trinajstić information content (AvgIpc) is 3.69. The molecule has 0 aliphatic heterocycles. The normalized spacial score (nSPS) is 11.7. The molecule has 18 heteroatoms. The van der Waals surface area contributed by atoms with Gasteiger partial charge < -0.3 is 29.0 Å². The maximum atomic E-state index is 13.6. The lowest BCUT2D eigenvalue weighted by atomic mass is 9.97. The van der Waals surface area contributed by atoms with Gasteiger partial charge in [-0.2, -0.15) is 22.8 Å². The van der Waals surface area contributed by atoms with Crippen LogP contribution in [-0.4, -0.2) is 82.7 Å². The quantitative estimate of drug-likeness (QED) is 0.0772. The van der Waals surface area contributed by atoms with E-state index in [1.54, 1.807) is 43.6 Å². The monoisotopic (exact) mass is 798 g/mol. The van der Waals surface area contributed by atoms with E-state index < -0.39 is 21.8 Å². The van der Waals surface area contributed by atoms with Gasteiger partial charge in [0.15, 0.2) is 0 Å². The molecule has 0 aliphatic rings. The summed E-state index contributed by atoms with van der Waals surface area (Å²) in [4.78, 5) is 8.09. The van der Waals surface area contributed by atoms with Gasteiger partial charge in [-0.05, 0) is 71.3 Å². The lowest BCUT2D eigenvalue weighted by molar-refractivity contribution is -0.137. The van der Waals surface area contributed by atoms with Crippen LogP contribution in [0.15, 0.2) is 90.2 Å². The van der Waals surface area contributed by atoms with Gasteiger partial charge in [0.1, 0.15) is 23.9 Å². The highest BCUT2D eigenvalue weighted by Crippen LogP contribution is 2.39. The van der Waals surface area contributed by atoms with Crippen LogP contribution in [0.3, 0.4) is 0 Å². The molecule has 3 aromatic carbocycles. The van der Waals surface area contributed by atoms with Crippen LogP contribution in [0.2, 0.25) is 0 Å². The summed E-state index contributed by atoms with van der Waals surface area (Å²) in [5.74, 6) is 0.319. The molecule has 0 saturated heterocycles. The number of sulfonamides is 1. The molecule has 0 fully saturated rings. The zero-order valence-electron chi connectivity index (χ0n) is 29.5. The van der Waals surface area contributed by atoms with Crippen LogP contribution < -0.4 is 14.8 Å². The first-order valence-corrected chi connectivity index (χ1v) is 19.0. The van der Waals surface area contributed by atoms with Gasteiger partial charge in [-0.25, -0.2) is 13.4 Å². The van der Waals surface area contributed by atoms with Crippen molar-refractivity contribution in [1.29, 1.82) is 5.26 Å². The summed E-state index contributed by atoms with van der Waals surface area (Å²) in [6.07, 6.45) is -1.73. The molecule has 290 valence electrons. The third kappa shape index (κ3) is 12.2. The van der Waals surface area contributed by atoms with Gasteiger partial charge in [-0.1, -0.05) is 18.2 Å². The van der Waals surface area contributed by atoms with E-state index in [9.17, 15) is 26.9 Å². The smallest absolute Gasteiger partial charge is 0.416 e. The molecule has 5 aromatic rings. The fourth-order valence-electron chi connectivity index (χ4n) is 5.05.